The highest BCUT2D eigenvalue weighted by molar-refractivity contribution is 5.26. The van der Waals surface area contributed by atoms with Gasteiger partial charge < -0.3 is 14.6 Å². The number of benzene rings is 1. The summed E-state index contributed by atoms with van der Waals surface area (Å²) in [5.41, 5.74) is 0.902. The molecular formula is C12H16O3. The molecule has 1 fully saturated rings. The minimum atomic E-state index is 0.0754. The average molecular weight is 208 g/mol. The Balaban J connectivity index is 1.82. The van der Waals surface area contributed by atoms with E-state index in [4.69, 9.17) is 14.6 Å². The molecule has 1 N–H and O–H groups in total. The quantitative estimate of drug-likeness (QED) is 0.819. The van der Waals surface area contributed by atoms with E-state index >= 15 is 0 Å². The summed E-state index contributed by atoms with van der Waals surface area (Å²) in [6, 6.07) is 7.48. The van der Waals surface area contributed by atoms with Gasteiger partial charge in [-0.05, 0) is 30.5 Å². The van der Waals surface area contributed by atoms with E-state index in [0.717, 1.165) is 30.8 Å². The molecule has 1 aliphatic rings. The third kappa shape index (κ3) is 2.94. The minimum Gasteiger partial charge on any atom is -0.491 e. The van der Waals surface area contributed by atoms with Crippen molar-refractivity contribution < 1.29 is 14.6 Å². The second-order valence-electron chi connectivity index (χ2n) is 3.75. The zero-order valence-corrected chi connectivity index (χ0v) is 8.69. The Morgan fingerprint density at radius 3 is 2.73 bits per heavy atom. The Morgan fingerprint density at radius 1 is 1.33 bits per heavy atom. The number of aliphatic hydroxyl groups is 1. The van der Waals surface area contributed by atoms with E-state index in [2.05, 4.69) is 0 Å². The van der Waals surface area contributed by atoms with Crippen LogP contribution in [-0.2, 0) is 11.3 Å². The largest absolute Gasteiger partial charge is 0.491 e. The van der Waals surface area contributed by atoms with Crippen molar-refractivity contribution in [1.82, 2.24) is 0 Å². The highest BCUT2D eigenvalue weighted by atomic mass is 16.5. The summed E-state index contributed by atoms with van der Waals surface area (Å²) >= 11 is 0. The summed E-state index contributed by atoms with van der Waals surface area (Å²) in [7, 11) is 0. The van der Waals surface area contributed by atoms with Gasteiger partial charge in [0.2, 0.25) is 0 Å². The van der Waals surface area contributed by atoms with E-state index in [0.29, 0.717) is 6.61 Å². The maximum absolute atomic E-state index is 8.87. The molecule has 1 unspecified atom stereocenters. The number of rotatable bonds is 4. The first-order chi connectivity index (χ1) is 7.38. The molecule has 1 aliphatic heterocycles. The van der Waals surface area contributed by atoms with E-state index < -0.39 is 0 Å². The van der Waals surface area contributed by atoms with Crippen LogP contribution in [0.5, 0.6) is 5.75 Å². The molecule has 1 aromatic rings. The summed E-state index contributed by atoms with van der Waals surface area (Å²) in [6.45, 7) is 1.56. The highest BCUT2D eigenvalue weighted by Gasteiger charge is 2.15. The lowest BCUT2D eigenvalue weighted by Crippen LogP contribution is -2.16. The van der Waals surface area contributed by atoms with Crippen LogP contribution in [0.3, 0.4) is 0 Å². The molecule has 1 aromatic carbocycles. The topological polar surface area (TPSA) is 38.7 Å². The number of hydrogen-bond acceptors (Lipinski definition) is 3. The number of ether oxygens (including phenoxy) is 2. The normalized spacial score (nSPS) is 20.5. The van der Waals surface area contributed by atoms with Crippen LogP contribution in [0.15, 0.2) is 24.3 Å². The molecule has 1 heterocycles. The van der Waals surface area contributed by atoms with Crippen molar-refractivity contribution in [1.29, 1.82) is 0 Å². The minimum absolute atomic E-state index is 0.0754. The van der Waals surface area contributed by atoms with Gasteiger partial charge >= 0.3 is 0 Å². The van der Waals surface area contributed by atoms with Crippen molar-refractivity contribution in [2.24, 2.45) is 0 Å². The molecule has 3 heteroatoms. The van der Waals surface area contributed by atoms with E-state index in [1.165, 1.54) is 0 Å². The van der Waals surface area contributed by atoms with Gasteiger partial charge in [-0.1, -0.05) is 12.1 Å². The standard InChI is InChI=1S/C12H16O3/c13-8-10-3-5-11(6-4-10)15-9-12-2-1-7-14-12/h3-6,12-13H,1-2,7-9H2. The van der Waals surface area contributed by atoms with Gasteiger partial charge in [0.05, 0.1) is 12.7 Å². The van der Waals surface area contributed by atoms with Crippen molar-refractivity contribution in [3.8, 4) is 5.75 Å². The van der Waals surface area contributed by atoms with Crippen LogP contribution >= 0.6 is 0 Å². The first kappa shape index (κ1) is 10.5. The lowest BCUT2D eigenvalue weighted by molar-refractivity contribution is 0.0679. The highest BCUT2D eigenvalue weighted by Crippen LogP contribution is 2.16. The summed E-state index contributed by atoms with van der Waals surface area (Å²) in [6.07, 6.45) is 2.48. The van der Waals surface area contributed by atoms with Gasteiger partial charge in [0.1, 0.15) is 12.4 Å². The predicted octanol–water partition coefficient (Wildman–Crippen LogP) is 1.74. The lowest BCUT2D eigenvalue weighted by Gasteiger charge is -2.11. The second kappa shape index (κ2) is 5.14. The van der Waals surface area contributed by atoms with E-state index in [-0.39, 0.29) is 12.7 Å². The number of hydrogen-bond donors (Lipinski definition) is 1. The van der Waals surface area contributed by atoms with Crippen LogP contribution in [-0.4, -0.2) is 24.4 Å². The molecule has 15 heavy (non-hydrogen) atoms. The summed E-state index contributed by atoms with van der Waals surface area (Å²) in [5, 5.41) is 8.87. The van der Waals surface area contributed by atoms with E-state index in [1.807, 2.05) is 24.3 Å². The monoisotopic (exact) mass is 208 g/mol. The first-order valence-electron chi connectivity index (χ1n) is 5.32. The van der Waals surface area contributed by atoms with Crippen LogP contribution in [0, 0.1) is 0 Å². The van der Waals surface area contributed by atoms with Crippen LogP contribution in [0.4, 0.5) is 0 Å². The Kier molecular flexibility index (Phi) is 3.59. The zero-order valence-electron chi connectivity index (χ0n) is 8.69. The first-order valence-corrected chi connectivity index (χ1v) is 5.32. The van der Waals surface area contributed by atoms with Crippen LogP contribution in [0.25, 0.3) is 0 Å². The van der Waals surface area contributed by atoms with Crippen LogP contribution in [0.2, 0.25) is 0 Å². The molecule has 0 aliphatic carbocycles. The van der Waals surface area contributed by atoms with Crippen LogP contribution < -0.4 is 4.74 Å². The Labute approximate surface area is 89.6 Å². The molecule has 1 atom stereocenters. The molecule has 0 aromatic heterocycles. The van der Waals surface area contributed by atoms with Gasteiger partial charge in [0.25, 0.3) is 0 Å². The van der Waals surface area contributed by atoms with Crippen molar-refractivity contribution in [2.45, 2.75) is 25.6 Å². The molecule has 0 bridgehead atoms. The van der Waals surface area contributed by atoms with E-state index in [9.17, 15) is 0 Å². The fourth-order valence-corrected chi connectivity index (χ4v) is 1.66. The predicted molar refractivity (Wildman–Crippen MR) is 56.8 cm³/mol. The molecule has 0 spiro atoms. The zero-order chi connectivity index (χ0) is 10.5. The van der Waals surface area contributed by atoms with Crippen LogP contribution in [0.1, 0.15) is 18.4 Å². The van der Waals surface area contributed by atoms with Gasteiger partial charge in [0, 0.05) is 6.61 Å². The van der Waals surface area contributed by atoms with Crippen molar-refractivity contribution >= 4 is 0 Å². The summed E-state index contributed by atoms with van der Waals surface area (Å²) in [5.74, 6) is 0.836. The molecule has 0 amide bonds. The average Bonchev–Trinajstić information content (AvgIpc) is 2.80. The number of aliphatic hydroxyl groups excluding tert-OH is 1. The third-order valence-electron chi connectivity index (χ3n) is 2.57. The molecular weight excluding hydrogens is 192 g/mol. The second-order valence-corrected chi connectivity index (χ2v) is 3.75. The van der Waals surface area contributed by atoms with Gasteiger partial charge in [-0.25, -0.2) is 0 Å². The summed E-state index contributed by atoms with van der Waals surface area (Å²) in [4.78, 5) is 0. The van der Waals surface area contributed by atoms with Gasteiger partial charge in [-0.2, -0.15) is 0 Å². The van der Waals surface area contributed by atoms with Crippen molar-refractivity contribution in [2.75, 3.05) is 13.2 Å². The van der Waals surface area contributed by atoms with Crippen molar-refractivity contribution in [3.63, 3.8) is 0 Å². The molecule has 0 radical (unpaired) electrons. The Hall–Kier alpha value is -1.06. The fraction of sp³-hybridized carbons (Fsp3) is 0.500. The SMILES string of the molecule is OCc1ccc(OCC2CCCO2)cc1. The summed E-state index contributed by atoms with van der Waals surface area (Å²) < 4.78 is 11.0. The molecule has 2 rings (SSSR count). The van der Waals surface area contributed by atoms with Gasteiger partial charge in [0.15, 0.2) is 0 Å². The molecule has 0 saturated carbocycles. The third-order valence-corrected chi connectivity index (χ3v) is 2.57. The molecule has 3 nitrogen and oxygen atoms in total. The maximum atomic E-state index is 8.87. The Bertz CT molecular complexity index is 288. The molecule has 1 saturated heterocycles. The Morgan fingerprint density at radius 2 is 2.13 bits per heavy atom. The fourth-order valence-electron chi connectivity index (χ4n) is 1.66. The van der Waals surface area contributed by atoms with Gasteiger partial charge in [-0.3, -0.25) is 0 Å². The smallest absolute Gasteiger partial charge is 0.119 e. The maximum Gasteiger partial charge on any atom is 0.119 e. The lowest BCUT2D eigenvalue weighted by atomic mass is 10.2. The molecule has 82 valence electrons. The van der Waals surface area contributed by atoms with Gasteiger partial charge in [-0.15, -0.1) is 0 Å². The van der Waals surface area contributed by atoms with E-state index in [1.54, 1.807) is 0 Å². The van der Waals surface area contributed by atoms with Crippen molar-refractivity contribution in [3.05, 3.63) is 29.8 Å².